The summed E-state index contributed by atoms with van der Waals surface area (Å²) in [5.74, 6) is -0.0485. The van der Waals surface area contributed by atoms with Crippen molar-refractivity contribution in [3.05, 3.63) is 22.7 Å². The van der Waals surface area contributed by atoms with Crippen molar-refractivity contribution in [2.45, 2.75) is 12.8 Å². The van der Waals surface area contributed by atoms with Gasteiger partial charge in [-0.2, -0.15) is 0 Å². The number of sulfonamides is 1. The van der Waals surface area contributed by atoms with Gasteiger partial charge in [0.1, 0.15) is 5.75 Å². The number of ether oxygens (including phenoxy) is 2. The van der Waals surface area contributed by atoms with E-state index in [-0.39, 0.29) is 18.6 Å². The van der Waals surface area contributed by atoms with Crippen molar-refractivity contribution in [1.29, 1.82) is 0 Å². The van der Waals surface area contributed by atoms with Crippen LogP contribution in [0.2, 0.25) is 0 Å². The molecular formula is C12H16BrNO5S. The molecule has 0 aromatic heterocycles. The van der Waals surface area contributed by atoms with Crippen LogP contribution in [0, 0.1) is 0 Å². The highest BCUT2D eigenvalue weighted by molar-refractivity contribution is 9.10. The molecule has 6 nitrogen and oxygen atoms in total. The summed E-state index contributed by atoms with van der Waals surface area (Å²) in [4.78, 5) is 10.9. The monoisotopic (exact) mass is 365 g/mol. The molecule has 1 aromatic carbocycles. The van der Waals surface area contributed by atoms with Gasteiger partial charge in [0.05, 0.1) is 25.7 Å². The molecule has 1 aromatic rings. The summed E-state index contributed by atoms with van der Waals surface area (Å²) >= 11 is 3.27. The maximum Gasteiger partial charge on any atom is 0.305 e. The lowest BCUT2D eigenvalue weighted by atomic mass is 10.3. The Morgan fingerprint density at radius 1 is 1.30 bits per heavy atom. The van der Waals surface area contributed by atoms with Crippen LogP contribution in [-0.4, -0.2) is 34.4 Å². The molecule has 0 amide bonds. The van der Waals surface area contributed by atoms with Gasteiger partial charge in [0.25, 0.3) is 0 Å². The number of carbonyl (C=O) groups is 1. The minimum atomic E-state index is -3.51. The molecule has 8 heteroatoms. The molecule has 20 heavy (non-hydrogen) atoms. The zero-order chi connectivity index (χ0) is 15.2. The first-order valence-electron chi connectivity index (χ1n) is 5.78. The molecule has 1 rings (SSSR count). The van der Waals surface area contributed by atoms with Gasteiger partial charge in [-0.05, 0) is 18.6 Å². The number of esters is 1. The van der Waals surface area contributed by atoms with E-state index in [1.54, 1.807) is 18.2 Å². The van der Waals surface area contributed by atoms with Crippen LogP contribution in [0.15, 0.2) is 22.7 Å². The Hall–Kier alpha value is -1.28. The second-order valence-corrected chi connectivity index (χ2v) is 6.74. The van der Waals surface area contributed by atoms with Gasteiger partial charge in [-0.15, -0.1) is 0 Å². The third-order valence-corrected chi connectivity index (χ3v) is 4.23. The van der Waals surface area contributed by atoms with Crippen LogP contribution in [0.4, 0.5) is 5.69 Å². The van der Waals surface area contributed by atoms with Crippen molar-refractivity contribution >= 4 is 37.6 Å². The Morgan fingerprint density at radius 2 is 2.00 bits per heavy atom. The predicted molar refractivity (Wildman–Crippen MR) is 79.4 cm³/mol. The molecule has 0 radical (unpaired) electrons. The summed E-state index contributed by atoms with van der Waals surface area (Å²) in [5.41, 5.74) is 0.397. The molecule has 0 aliphatic carbocycles. The molecule has 0 atom stereocenters. The Bertz CT molecular complexity index is 573. The number of hydrogen-bond acceptors (Lipinski definition) is 5. The third kappa shape index (κ3) is 5.79. The van der Waals surface area contributed by atoms with Crippen LogP contribution >= 0.6 is 15.9 Å². The fraction of sp³-hybridized carbons (Fsp3) is 0.417. The smallest absolute Gasteiger partial charge is 0.305 e. The van der Waals surface area contributed by atoms with Crippen LogP contribution in [0.25, 0.3) is 0 Å². The quantitative estimate of drug-likeness (QED) is 0.748. The fourth-order valence-corrected chi connectivity index (χ4v) is 3.05. The Labute approximate surface area is 126 Å². The lowest BCUT2D eigenvalue weighted by molar-refractivity contribution is -0.140. The van der Waals surface area contributed by atoms with Gasteiger partial charge in [-0.25, -0.2) is 8.42 Å². The van der Waals surface area contributed by atoms with Crippen molar-refractivity contribution in [2.75, 3.05) is 24.7 Å². The third-order valence-electron chi connectivity index (χ3n) is 2.40. The Morgan fingerprint density at radius 3 is 2.60 bits per heavy atom. The van der Waals surface area contributed by atoms with Crippen LogP contribution in [-0.2, 0) is 19.6 Å². The SMILES string of the molecule is COC(=O)CCCS(=O)(=O)Nc1cc(Br)cc(OC)c1. The zero-order valence-corrected chi connectivity index (χ0v) is 13.6. The van der Waals surface area contributed by atoms with Crippen molar-refractivity contribution in [3.8, 4) is 5.75 Å². The molecule has 0 aliphatic rings. The standard InChI is InChI=1S/C12H16BrNO5S/c1-18-11-7-9(13)6-10(8-11)14-20(16,17)5-3-4-12(15)19-2/h6-8,14H,3-5H2,1-2H3. The van der Waals surface area contributed by atoms with Gasteiger partial charge < -0.3 is 9.47 Å². The minimum Gasteiger partial charge on any atom is -0.497 e. The van der Waals surface area contributed by atoms with Gasteiger partial charge in [-0.1, -0.05) is 15.9 Å². The van der Waals surface area contributed by atoms with E-state index in [0.29, 0.717) is 15.9 Å². The van der Waals surface area contributed by atoms with Gasteiger partial charge in [0.2, 0.25) is 10.0 Å². The highest BCUT2D eigenvalue weighted by Crippen LogP contribution is 2.25. The molecule has 0 aliphatic heterocycles. The first kappa shape index (κ1) is 16.8. The fourth-order valence-electron chi connectivity index (χ4n) is 1.48. The Kier molecular flexibility index (Phi) is 6.28. The molecular weight excluding hydrogens is 350 g/mol. The van der Waals surface area contributed by atoms with Crippen LogP contribution < -0.4 is 9.46 Å². The number of rotatable bonds is 7. The number of hydrogen-bond donors (Lipinski definition) is 1. The van der Waals surface area contributed by atoms with Gasteiger partial charge in [-0.3, -0.25) is 9.52 Å². The first-order chi connectivity index (χ1) is 9.36. The summed E-state index contributed by atoms with van der Waals surface area (Å²) in [6.07, 6.45) is 0.270. The summed E-state index contributed by atoms with van der Waals surface area (Å²) in [5, 5.41) is 0. The molecule has 1 N–H and O–H groups in total. The second kappa shape index (κ2) is 7.49. The average Bonchev–Trinajstić information content (AvgIpc) is 2.36. The lowest BCUT2D eigenvalue weighted by Crippen LogP contribution is -2.17. The molecule has 0 saturated carbocycles. The van der Waals surface area contributed by atoms with E-state index in [0.717, 1.165) is 0 Å². The first-order valence-corrected chi connectivity index (χ1v) is 8.22. The van der Waals surface area contributed by atoms with Crippen LogP contribution in [0.1, 0.15) is 12.8 Å². The minimum absolute atomic E-state index is 0.0687. The number of benzene rings is 1. The molecule has 112 valence electrons. The second-order valence-electron chi connectivity index (χ2n) is 3.98. The van der Waals surface area contributed by atoms with Crippen molar-refractivity contribution in [1.82, 2.24) is 0 Å². The number of carbonyl (C=O) groups excluding carboxylic acids is 1. The highest BCUT2D eigenvalue weighted by Gasteiger charge is 2.13. The summed E-state index contributed by atoms with van der Waals surface area (Å²) in [6.45, 7) is 0. The molecule has 0 fully saturated rings. The van der Waals surface area contributed by atoms with Crippen molar-refractivity contribution < 1.29 is 22.7 Å². The number of halogens is 1. The van der Waals surface area contributed by atoms with E-state index in [2.05, 4.69) is 25.4 Å². The largest absolute Gasteiger partial charge is 0.497 e. The number of nitrogens with one attached hydrogen (secondary N) is 1. The maximum atomic E-state index is 11.9. The van der Waals surface area contributed by atoms with Crippen molar-refractivity contribution in [2.24, 2.45) is 0 Å². The van der Waals surface area contributed by atoms with E-state index in [1.807, 2.05) is 0 Å². The lowest BCUT2D eigenvalue weighted by Gasteiger charge is -2.09. The summed E-state index contributed by atoms with van der Waals surface area (Å²) < 4.78 is 36.4. The van der Waals surface area contributed by atoms with E-state index >= 15 is 0 Å². The maximum absolute atomic E-state index is 11.9. The van der Waals surface area contributed by atoms with Gasteiger partial charge >= 0.3 is 5.97 Å². The van der Waals surface area contributed by atoms with Crippen molar-refractivity contribution in [3.63, 3.8) is 0 Å². The van der Waals surface area contributed by atoms with Gasteiger partial charge in [0, 0.05) is 17.0 Å². The summed E-state index contributed by atoms with van der Waals surface area (Å²) in [7, 11) is -0.751. The van der Waals surface area contributed by atoms with E-state index < -0.39 is 16.0 Å². The molecule has 0 spiro atoms. The van der Waals surface area contributed by atoms with E-state index in [1.165, 1.54) is 14.2 Å². The molecule has 0 bridgehead atoms. The number of anilines is 1. The zero-order valence-electron chi connectivity index (χ0n) is 11.2. The molecule has 0 heterocycles. The Balaban J connectivity index is 2.66. The average molecular weight is 366 g/mol. The van der Waals surface area contributed by atoms with E-state index in [4.69, 9.17) is 4.74 Å². The summed E-state index contributed by atoms with van der Waals surface area (Å²) in [6, 6.07) is 4.91. The predicted octanol–water partition coefficient (Wildman–Crippen LogP) is 2.15. The topological polar surface area (TPSA) is 81.7 Å². The normalized spacial score (nSPS) is 10.9. The van der Waals surface area contributed by atoms with Crippen LogP contribution in [0.5, 0.6) is 5.75 Å². The van der Waals surface area contributed by atoms with Crippen LogP contribution in [0.3, 0.4) is 0 Å². The highest BCUT2D eigenvalue weighted by atomic mass is 79.9. The molecule has 0 unspecified atom stereocenters. The number of methoxy groups -OCH3 is 2. The van der Waals surface area contributed by atoms with Gasteiger partial charge in [0.15, 0.2) is 0 Å². The molecule has 0 saturated heterocycles. The van der Waals surface area contributed by atoms with E-state index in [9.17, 15) is 13.2 Å².